The maximum absolute atomic E-state index is 12.7. The van der Waals surface area contributed by atoms with Crippen LogP contribution >= 0.6 is 0 Å². The first kappa shape index (κ1) is 11.0. The molecule has 0 radical (unpaired) electrons. The Labute approximate surface area is 115 Å². The van der Waals surface area contributed by atoms with Gasteiger partial charge in [-0.25, -0.2) is 0 Å². The molecule has 0 aromatic carbocycles. The van der Waals surface area contributed by atoms with E-state index in [1.54, 1.807) is 12.2 Å². The van der Waals surface area contributed by atoms with Crippen LogP contribution in [0.5, 0.6) is 0 Å². The molecule has 1 heterocycles. The van der Waals surface area contributed by atoms with Gasteiger partial charge in [-0.3, -0.25) is 14.4 Å². The van der Waals surface area contributed by atoms with Crippen LogP contribution in [0.2, 0.25) is 0 Å². The summed E-state index contributed by atoms with van der Waals surface area (Å²) in [5, 5.41) is 0. The van der Waals surface area contributed by atoms with Gasteiger partial charge in [0.25, 0.3) is 0 Å². The number of allylic oxidation sites excluding steroid dienone is 4. The lowest BCUT2D eigenvalue weighted by Gasteiger charge is -2.52. The first-order valence-electron chi connectivity index (χ1n) is 7.24. The van der Waals surface area contributed by atoms with E-state index in [0.29, 0.717) is 18.6 Å². The molecule has 4 heteroatoms. The summed E-state index contributed by atoms with van der Waals surface area (Å²) in [6, 6.07) is 0. The van der Waals surface area contributed by atoms with Gasteiger partial charge in [0.15, 0.2) is 17.2 Å². The Balaban J connectivity index is 1.86. The maximum Gasteiger partial charge on any atom is 0.178 e. The Morgan fingerprint density at radius 2 is 2.05 bits per heavy atom. The highest BCUT2D eigenvalue weighted by Crippen LogP contribution is 2.77. The van der Waals surface area contributed by atoms with Gasteiger partial charge in [-0.15, -0.1) is 0 Å². The van der Waals surface area contributed by atoms with Crippen LogP contribution in [0.15, 0.2) is 24.0 Å². The summed E-state index contributed by atoms with van der Waals surface area (Å²) in [6.07, 6.45) is 7.65. The Bertz CT molecular complexity index is 672. The van der Waals surface area contributed by atoms with E-state index in [-0.39, 0.29) is 29.7 Å². The van der Waals surface area contributed by atoms with Crippen molar-refractivity contribution < 1.29 is 19.1 Å². The maximum atomic E-state index is 12.7. The SMILES string of the molecule is O=C1C[C@@]23CC[C@@H]1C[C@@]21OC2=CC=CC(=O)C23CC1=O. The average molecular weight is 270 g/mol. The zero-order chi connectivity index (χ0) is 13.8. The molecule has 4 bridgehead atoms. The number of fused-ring (bicyclic) bond motifs is 2. The summed E-state index contributed by atoms with van der Waals surface area (Å²) in [4.78, 5) is 37.6. The fourth-order valence-corrected chi connectivity index (χ4v) is 5.64. The predicted molar refractivity (Wildman–Crippen MR) is 67.5 cm³/mol. The Hall–Kier alpha value is -1.71. The third-order valence-corrected chi connectivity index (χ3v) is 6.47. The van der Waals surface area contributed by atoms with E-state index in [4.69, 9.17) is 4.74 Å². The highest BCUT2D eigenvalue weighted by atomic mass is 16.5. The lowest BCUT2D eigenvalue weighted by Crippen LogP contribution is -2.60. The molecule has 0 aromatic rings. The normalized spacial score (nSPS) is 50.9. The molecule has 1 unspecified atom stereocenters. The Morgan fingerprint density at radius 1 is 1.20 bits per heavy atom. The standard InChI is InChI=1S/C16H14O4/c17-10-7-14-5-4-9(10)6-16(14)12(19)8-15(14)11(18)2-1-3-13(15)20-16/h1-3,9H,4-8H2/t9-,14-,15?,16+/m1/s1. The number of hydrogen-bond donors (Lipinski definition) is 0. The number of ether oxygens (including phenoxy) is 1. The molecule has 20 heavy (non-hydrogen) atoms. The average Bonchev–Trinajstić information content (AvgIpc) is 2.79. The van der Waals surface area contributed by atoms with E-state index in [1.165, 1.54) is 0 Å². The van der Waals surface area contributed by atoms with Gasteiger partial charge in [-0.1, -0.05) is 6.08 Å². The molecular weight excluding hydrogens is 256 g/mol. The van der Waals surface area contributed by atoms with Crippen molar-refractivity contribution in [3.63, 3.8) is 0 Å². The molecule has 1 aliphatic heterocycles. The molecule has 6 rings (SSSR count). The lowest BCUT2D eigenvalue weighted by molar-refractivity contribution is -0.166. The van der Waals surface area contributed by atoms with Crippen LogP contribution in [0, 0.1) is 16.7 Å². The fraction of sp³-hybridized carbons (Fsp3) is 0.562. The van der Waals surface area contributed by atoms with Crippen molar-refractivity contribution in [3.8, 4) is 0 Å². The minimum absolute atomic E-state index is 0.0375. The molecule has 2 spiro atoms. The molecule has 0 aromatic heterocycles. The van der Waals surface area contributed by atoms with E-state index in [0.717, 1.165) is 12.8 Å². The van der Waals surface area contributed by atoms with Gasteiger partial charge in [0.05, 0.1) is 0 Å². The minimum Gasteiger partial charge on any atom is -0.482 e. The highest BCUT2D eigenvalue weighted by molar-refractivity contribution is 6.11. The van der Waals surface area contributed by atoms with Gasteiger partial charge in [0.1, 0.15) is 17.0 Å². The molecule has 0 N–H and O–H groups in total. The van der Waals surface area contributed by atoms with Crippen LogP contribution in [0.25, 0.3) is 0 Å². The van der Waals surface area contributed by atoms with E-state index in [1.807, 2.05) is 6.08 Å². The molecule has 0 amide bonds. The topological polar surface area (TPSA) is 60.4 Å². The third-order valence-electron chi connectivity index (χ3n) is 6.47. The van der Waals surface area contributed by atoms with Crippen molar-refractivity contribution in [2.75, 3.05) is 0 Å². The number of rotatable bonds is 0. The molecule has 1 saturated heterocycles. The minimum atomic E-state index is -0.892. The quantitative estimate of drug-likeness (QED) is 0.669. The summed E-state index contributed by atoms with van der Waals surface area (Å²) in [5.41, 5.74) is -2.37. The van der Waals surface area contributed by atoms with Crippen molar-refractivity contribution in [2.45, 2.75) is 37.7 Å². The van der Waals surface area contributed by atoms with Crippen LogP contribution in [0.4, 0.5) is 0 Å². The zero-order valence-electron chi connectivity index (χ0n) is 11.0. The van der Waals surface area contributed by atoms with Crippen molar-refractivity contribution in [2.24, 2.45) is 16.7 Å². The summed E-state index contributed by atoms with van der Waals surface area (Å²) >= 11 is 0. The largest absolute Gasteiger partial charge is 0.482 e. The van der Waals surface area contributed by atoms with Crippen molar-refractivity contribution in [1.29, 1.82) is 0 Å². The second-order valence-electron chi connectivity index (χ2n) is 6.85. The fourth-order valence-electron chi connectivity index (χ4n) is 5.64. The highest BCUT2D eigenvalue weighted by Gasteiger charge is 2.85. The van der Waals surface area contributed by atoms with Crippen LogP contribution < -0.4 is 0 Å². The summed E-state index contributed by atoms with van der Waals surface area (Å²) in [6.45, 7) is 0. The molecule has 5 fully saturated rings. The number of ketones is 3. The number of carbonyl (C=O) groups excluding carboxylic acids is 3. The first-order chi connectivity index (χ1) is 9.56. The smallest absolute Gasteiger partial charge is 0.178 e. The van der Waals surface area contributed by atoms with Crippen molar-refractivity contribution >= 4 is 17.3 Å². The van der Waals surface area contributed by atoms with Crippen molar-refractivity contribution in [1.82, 2.24) is 0 Å². The van der Waals surface area contributed by atoms with Gasteiger partial charge in [0, 0.05) is 30.6 Å². The molecule has 5 aliphatic carbocycles. The molecule has 4 atom stereocenters. The van der Waals surface area contributed by atoms with Crippen molar-refractivity contribution in [3.05, 3.63) is 24.0 Å². The number of carbonyl (C=O) groups is 3. The van der Waals surface area contributed by atoms with Crippen LogP contribution in [0.3, 0.4) is 0 Å². The molecule has 4 nitrogen and oxygen atoms in total. The zero-order valence-corrected chi connectivity index (χ0v) is 11.0. The van der Waals surface area contributed by atoms with Crippen LogP contribution in [-0.2, 0) is 19.1 Å². The number of Topliss-reactive ketones (excluding diaryl/α,β-unsaturated/α-hetero) is 2. The Kier molecular flexibility index (Phi) is 1.56. The summed E-state index contributed by atoms with van der Waals surface area (Å²) in [7, 11) is 0. The monoisotopic (exact) mass is 270 g/mol. The second kappa shape index (κ2) is 2.83. The van der Waals surface area contributed by atoms with Gasteiger partial charge in [0.2, 0.25) is 0 Å². The van der Waals surface area contributed by atoms with E-state index in [9.17, 15) is 14.4 Å². The van der Waals surface area contributed by atoms with E-state index in [2.05, 4.69) is 0 Å². The van der Waals surface area contributed by atoms with Gasteiger partial charge in [-0.2, -0.15) is 0 Å². The van der Waals surface area contributed by atoms with Crippen LogP contribution in [-0.4, -0.2) is 23.0 Å². The molecule has 4 saturated carbocycles. The third kappa shape index (κ3) is 0.771. The lowest BCUT2D eigenvalue weighted by atomic mass is 9.47. The van der Waals surface area contributed by atoms with Gasteiger partial charge < -0.3 is 4.74 Å². The van der Waals surface area contributed by atoms with E-state index < -0.39 is 16.4 Å². The predicted octanol–water partition coefficient (Wildman–Crippen LogP) is 1.50. The number of hydrogen-bond acceptors (Lipinski definition) is 4. The molecule has 6 aliphatic rings. The van der Waals surface area contributed by atoms with Gasteiger partial charge >= 0.3 is 0 Å². The summed E-state index contributed by atoms with van der Waals surface area (Å²) in [5.74, 6) is 0.791. The molecule has 102 valence electrons. The van der Waals surface area contributed by atoms with E-state index >= 15 is 0 Å². The summed E-state index contributed by atoms with van der Waals surface area (Å²) < 4.78 is 6.09. The Morgan fingerprint density at radius 3 is 2.85 bits per heavy atom. The molecular formula is C16H14O4. The van der Waals surface area contributed by atoms with Crippen LogP contribution in [0.1, 0.15) is 32.1 Å². The van der Waals surface area contributed by atoms with Gasteiger partial charge in [-0.05, 0) is 25.0 Å². The second-order valence-corrected chi connectivity index (χ2v) is 6.85. The first-order valence-corrected chi connectivity index (χ1v) is 7.24.